The summed E-state index contributed by atoms with van der Waals surface area (Å²) < 4.78 is 10.4. The molecule has 2 atom stereocenters. The minimum absolute atomic E-state index is 0.157. The monoisotopic (exact) mass is 288 g/mol. The van der Waals surface area contributed by atoms with E-state index in [1.807, 2.05) is 19.1 Å². The third-order valence-electron chi connectivity index (χ3n) is 3.76. The fourth-order valence-corrected chi connectivity index (χ4v) is 2.23. The molecule has 2 heterocycles. The number of hydrogen-bond donors (Lipinski definition) is 2. The standard InChI is InChI=1S/C14H16N4O3/c1-14(7-20-6-11(14)15)13(19)17-10-4-2-3-9(5-10)12-18-16-8-21-12/h2-5,8,11H,6-7,15H2,1H3,(H,17,19). The summed E-state index contributed by atoms with van der Waals surface area (Å²) in [6, 6.07) is 6.90. The van der Waals surface area contributed by atoms with Crippen LogP contribution in [-0.2, 0) is 9.53 Å². The summed E-state index contributed by atoms with van der Waals surface area (Å²) in [5, 5.41) is 10.3. The van der Waals surface area contributed by atoms with Gasteiger partial charge in [-0.15, -0.1) is 10.2 Å². The Morgan fingerprint density at radius 1 is 1.52 bits per heavy atom. The summed E-state index contributed by atoms with van der Waals surface area (Å²) in [7, 11) is 0. The van der Waals surface area contributed by atoms with E-state index >= 15 is 0 Å². The Hall–Kier alpha value is -2.25. The molecule has 2 unspecified atom stereocenters. The molecule has 1 saturated heterocycles. The van der Waals surface area contributed by atoms with E-state index < -0.39 is 5.41 Å². The number of nitrogens with one attached hydrogen (secondary N) is 1. The number of anilines is 1. The number of nitrogens with zero attached hydrogens (tertiary/aromatic N) is 2. The quantitative estimate of drug-likeness (QED) is 0.874. The summed E-state index contributed by atoms with van der Waals surface area (Å²) in [4.78, 5) is 12.4. The highest BCUT2D eigenvalue weighted by Gasteiger charge is 2.44. The Morgan fingerprint density at radius 2 is 2.38 bits per heavy atom. The molecule has 0 aliphatic carbocycles. The van der Waals surface area contributed by atoms with Crippen molar-refractivity contribution >= 4 is 11.6 Å². The van der Waals surface area contributed by atoms with E-state index in [1.54, 1.807) is 12.1 Å². The van der Waals surface area contributed by atoms with Crippen molar-refractivity contribution in [2.24, 2.45) is 11.1 Å². The molecule has 0 radical (unpaired) electrons. The van der Waals surface area contributed by atoms with Gasteiger partial charge >= 0.3 is 0 Å². The molecule has 1 aliphatic rings. The van der Waals surface area contributed by atoms with Gasteiger partial charge in [0, 0.05) is 17.3 Å². The van der Waals surface area contributed by atoms with Crippen molar-refractivity contribution in [1.29, 1.82) is 0 Å². The van der Waals surface area contributed by atoms with Crippen LogP contribution in [0.5, 0.6) is 0 Å². The van der Waals surface area contributed by atoms with Gasteiger partial charge in [0.25, 0.3) is 0 Å². The molecule has 2 aromatic rings. The first-order valence-corrected chi connectivity index (χ1v) is 6.61. The molecule has 0 bridgehead atoms. The molecule has 3 N–H and O–H groups in total. The number of aromatic nitrogens is 2. The average molecular weight is 288 g/mol. The van der Waals surface area contributed by atoms with Crippen LogP contribution >= 0.6 is 0 Å². The zero-order chi connectivity index (χ0) is 14.9. The Labute approximate surface area is 121 Å². The lowest BCUT2D eigenvalue weighted by Crippen LogP contribution is -2.47. The van der Waals surface area contributed by atoms with Crippen LogP contribution in [0.25, 0.3) is 11.5 Å². The molecule has 7 nitrogen and oxygen atoms in total. The summed E-state index contributed by atoms with van der Waals surface area (Å²) in [5.41, 5.74) is 6.62. The number of carbonyl (C=O) groups is 1. The van der Waals surface area contributed by atoms with Crippen LogP contribution in [0.3, 0.4) is 0 Å². The number of amides is 1. The predicted octanol–water partition coefficient (Wildman–Crippen LogP) is 1.04. The van der Waals surface area contributed by atoms with Crippen LogP contribution in [0.2, 0.25) is 0 Å². The van der Waals surface area contributed by atoms with Crippen LogP contribution in [0.15, 0.2) is 35.1 Å². The lowest BCUT2D eigenvalue weighted by molar-refractivity contribution is -0.125. The molecule has 1 fully saturated rings. The van der Waals surface area contributed by atoms with Gasteiger partial charge in [-0.05, 0) is 25.1 Å². The maximum Gasteiger partial charge on any atom is 0.247 e. The minimum Gasteiger partial charge on any atom is -0.423 e. The van der Waals surface area contributed by atoms with E-state index in [2.05, 4.69) is 15.5 Å². The second-order valence-electron chi connectivity index (χ2n) is 5.32. The fraction of sp³-hybridized carbons (Fsp3) is 0.357. The fourth-order valence-electron chi connectivity index (χ4n) is 2.23. The van der Waals surface area contributed by atoms with Crippen molar-refractivity contribution in [1.82, 2.24) is 10.2 Å². The first-order valence-electron chi connectivity index (χ1n) is 6.61. The Balaban J connectivity index is 1.79. The largest absolute Gasteiger partial charge is 0.423 e. The normalized spacial score (nSPS) is 25.0. The number of nitrogens with two attached hydrogens (primary N) is 1. The molecule has 7 heteroatoms. The van der Waals surface area contributed by atoms with E-state index in [0.717, 1.165) is 5.56 Å². The molecule has 110 valence electrons. The number of rotatable bonds is 3. The lowest BCUT2D eigenvalue weighted by Gasteiger charge is -2.25. The van der Waals surface area contributed by atoms with Gasteiger partial charge in [-0.3, -0.25) is 4.79 Å². The average Bonchev–Trinajstić information content (AvgIpc) is 3.11. The highest BCUT2D eigenvalue weighted by molar-refractivity contribution is 5.96. The molecule has 0 saturated carbocycles. The molecule has 0 spiro atoms. The van der Waals surface area contributed by atoms with E-state index in [1.165, 1.54) is 6.39 Å². The summed E-state index contributed by atoms with van der Waals surface area (Å²) in [6.45, 7) is 2.52. The second-order valence-corrected chi connectivity index (χ2v) is 5.32. The minimum atomic E-state index is -0.722. The first-order chi connectivity index (χ1) is 10.1. The molecular formula is C14H16N4O3. The Bertz CT molecular complexity index is 643. The molecule has 21 heavy (non-hydrogen) atoms. The van der Waals surface area contributed by atoms with Gasteiger partial charge in [-0.1, -0.05) is 6.07 Å². The maximum atomic E-state index is 12.4. The Morgan fingerprint density at radius 3 is 3.05 bits per heavy atom. The van der Waals surface area contributed by atoms with Gasteiger partial charge in [-0.25, -0.2) is 0 Å². The van der Waals surface area contributed by atoms with Crippen LogP contribution in [0, 0.1) is 5.41 Å². The predicted molar refractivity (Wildman–Crippen MR) is 75.3 cm³/mol. The zero-order valence-corrected chi connectivity index (χ0v) is 11.6. The molecule has 1 amide bonds. The topological polar surface area (TPSA) is 103 Å². The van der Waals surface area contributed by atoms with Crippen molar-refractivity contribution in [2.75, 3.05) is 18.5 Å². The first kappa shape index (κ1) is 13.7. The zero-order valence-electron chi connectivity index (χ0n) is 11.6. The summed E-state index contributed by atoms with van der Waals surface area (Å²) >= 11 is 0. The van der Waals surface area contributed by atoms with Crippen molar-refractivity contribution in [3.8, 4) is 11.5 Å². The van der Waals surface area contributed by atoms with Gasteiger partial charge in [0.15, 0.2) is 0 Å². The van der Waals surface area contributed by atoms with Gasteiger partial charge in [-0.2, -0.15) is 0 Å². The van der Waals surface area contributed by atoms with Gasteiger partial charge < -0.3 is 20.2 Å². The van der Waals surface area contributed by atoms with Crippen LogP contribution in [0.4, 0.5) is 5.69 Å². The van der Waals surface area contributed by atoms with Crippen molar-refractivity contribution in [3.63, 3.8) is 0 Å². The highest BCUT2D eigenvalue weighted by atomic mass is 16.5. The van der Waals surface area contributed by atoms with Crippen molar-refractivity contribution < 1.29 is 13.9 Å². The van der Waals surface area contributed by atoms with Crippen molar-refractivity contribution in [3.05, 3.63) is 30.7 Å². The van der Waals surface area contributed by atoms with Crippen molar-refractivity contribution in [2.45, 2.75) is 13.0 Å². The summed E-state index contributed by atoms with van der Waals surface area (Å²) in [5.74, 6) is 0.244. The molecule has 1 aromatic heterocycles. The van der Waals surface area contributed by atoms with E-state index in [4.69, 9.17) is 14.9 Å². The molecular weight excluding hydrogens is 272 g/mol. The Kier molecular flexibility index (Phi) is 3.44. The number of hydrogen-bond acceptors (Lipinski definition) is 6. The van der Waals surface area contributed by atoms with Crippen LogP contribution in [-0.4, -0.2) is 35.4 Å². The molecule has 1 aliphatic heterocycles. The summed E-state index contributed by atoms with van der Waals surface area (Å²) in [6.07, 6.45) is 1.26. The number of benzene rings is 1. The van der Waals surface area contributed by atoms with Crippen LogP contribution in [0.1, 0.15) is 6.92 Å². The lowest BCUT2D eigenvalue weighted by atomic mass is 9.85. The number of carbonyl (C=O) groups excluding carboxylic acids is 1. The van der Waals surface area contributed by atoms with E-state index in [0.29, 0.717) is 24.8 Å². The highest BCUT2D eigenvalue weighted by Crippen LogP contribution is 2.29. The third kappa shape index (κ3) is 2.53. The number of ether oxygens (including phenoxy) is 1. The third-order valence-corrected chi connectivity index (χ3v) is 3.76. The van der Waals surface area contributed by atoms with Crippen LogP contribution < -0.4 is 11.1 Å². The molecule has 1 aromatic carbocycles. The molecule has 3 rings (SSSR count). The second kappa shape index (κ2) is 5.27. The maximum absolute atomic E-state index is 12.4. The smallest absolute Gasteiger partial charge is 0.247 e. The van der Waals surface area contributed by atoms with Gasteiger partial charge in [0.1, 0.15) is 0 Å². The van der Waals surface area contributed by atoms with E-state index in [9.17, 15) is 4.79 Å². The van der Waals surface area contributed by atoms with E-state index in [-0.39, 0.29) is 11.9 Å². The van der Waals surface area contributed by atoms with Gasteiger partial charge in [0.05, 0.1) is 18.6 Å². The van der Waals surface area contributed by atoms with Gasteiger partial charge in [0.2, 0.25) is 18.2 Å². The SMILES string of the molecule is CC1(C(=O)Nc2cccc(-c3nnco3)c2)COCC1N.